The maximum absolute atomic E-state index is 13.6. The molecule has 0 atom stereocenters. The SMILES string of the molecule is Cc1cc(C(=O)N2CCc3c([nH]c4ccccc34)C2)c2ccc(F)cc2n1. The standard InChI is InChI=1S/C22H18FN3O/c1-13-10-18(16-7-6-14(23)11-20(16)24-13)22(27)26-9-8-17-15-4-2-3-5-19(15)25-21(17)12-26/h2-7,10-11,25H,8-9,12H2,1H3. The number of para-hydroxylation sites is 1. The van der Waals surface area contributed by atoms with Crippen LogP contribution in [0.4, 0.5) is 4.39 Å². The molecule has 4 aromatic rings. The van der Waals surface area contributed by atoms with Crippen LogP contribution < -0.4 is 0 Å². The quantitative estimate of drug-likeness (QED) is 0.549. The molecule has 0 saturated carbocycles. The third kappa shape index (κ3) is 2.58. The lowest BCUT2D eigenvalue weighted by Crippen LogP contribution is -2.36. The maximum Gasteiger partial charge on any atom is 0.254 e. The van der Waals surface area contributed by atoms with Crippen LogP contribution >= 0.6 is 0 Å². The summed E-state index contributed by atoms with van der Waals surface area (Å²) >= 11 is 0. The molecule has 0 radical (unpaired) electrons. The van der Waals surface area contributed by atoms with Crippen molar-refractivity contribution in [3.05, 3.63) is 76.9 Å². The fraction of sp³-hybridized carbons (Fsp3) is 0.182. The van der Waals surface area contributed by atoms with Gasteiger partial charge < -0.3 is 9.88 Å². The molecule has 3 heterocycles. The van der Waals surface area contributed by atoms with Crippen LogP contribution in [0.2, 0.25) is 0 Å². The van der Waals surface area contributed by atoms with Gasteiger partial charge >= 0.3 is 0 Å². The predicted molar refractivity (Wildman–Crippen MR) is 103 cm³/mol. The molecule has 0 fully saturated rings. The zero-order valence-electron chi connectivity index (χ0n) is 14.9. The molecular formula is C22H18FN3O. The summed E-state index contributed by atoms with van der Waals surface area (Å²) in [5.41, 5.74) is 5.31. The number of benzene rings is 2. The van der Waals surface area contributed by atoms with Gasteiger partial charge in [0.15, 0.2) is 0 Å². The number of hydrogen-bond acceptors (Lipinski definition) is 2. The van der Waals surface area contributed by atoms with Gasteiger partial charge in [-0.25, -0.2) is 4.39 Å². The first-order valence-electron chi connectivity index (χ1n) is 9.05. The Morgan fingerprint density at radius 3 is 2.89 bits per heavy atom. The van der Waals surface area contributed by atoms with E-state index in [9.17, 15) is 9.18 Å². The molecule has 1 amide bonds. The summed E-state index contributed by atoms with van der Waals surface area (Å²) in [6.45, 7) is 3.04. The van der Waals surface area contributed by atoms with Crippen LogP contribution in [0.15, 0.2) is 48.5 Å². The predicted octanol–water partition coefficient (Wildman–Crippen LogP) is 4.36. The summed E-state index contributed by atoms with van der Waals surface area (Å²) in [5, 5.41) is 1.93. The first-order valence-corrected chi connectivity index (χ1v) is 9.05. The third-order valence-electron chi connectivity index (χ3n) is 5.30. The highest BCUT2D eigenvalue weighted by Gasteiger charge is 2.26. The van der Waals surface area contributed by atoms with E-state index in [2.05, 4.69) is 22.1 Å². The molecular weight excluding hydrogens is 341 g/mol. The highest BCUT2D eigenvalue weighted by molar-refractivity contribution is 6.06. The largest absolute Gasteiger partial charge is 0.357 e. The summed E-state index contributed by atoms with van der Waals surface area (Å²) in [5.74, 6) is -0.388. The van der Waals surface area contributed by atoms with Crippen molar-refractivity contribution < 1.29 is 9.18 Å². The van der Waals surface area contributed by atoms with Gasteiger partial charge in [-0.2, -0.15) is 0 Å². The van der Waals surface area contributed by atoms with Crippen molar-refractivity contribution in [1.82, 2.24) is 14.9 Å². The van der Waals surface area contributed by atoms with Crippen molar-refractivity contribution >= 4 is 27.7 Å². The molecule has 2 aromatic heterocycles. The van der Waals surface area contributed by atoms with Crippen LogP contribution in [0.25, 0.3) is 21.8 Å². The van der Waals surface area contributed by atoms with Crippen LogP contribution in [0.1, 0.15) is 27.3 Å². The van der Waals surface area contributed by atoms with E-state index in [1.165, 1.54) is 23.1 Å². The Labute approximate surface area is 155 Å². The van der Waals surface area contributed by atoms with E-state index in [4.69, 9.17) is 0 Å². The number of nitrogens with one attached hydrogen (secondary N) is 1. The van der Waals surface area contributed by atoms with Crippen molar-refractivity contribution in [1.29, 1.82) is 0 Å². The average Bonchev–Trinajstić information content (AvgIpc) is 3.04. The lowest BCUT2D eigenvalue weighted by Gasteiger charge is -2.27. The number of halogens is 1. The maximum atomic E-state index is 13.6. The van der Waals surface area contributed by atoms with Gasteiger partial charge in [-0.15, -0.1) is 0 Å². The van der Waals surface area contributed by atoms with Crippen molar-refractivity contribution in [2.24, 2.45) is 0 Å². The fourth-order valence-corrected chi connectivity index (χ4v) is 4.05. The van der Waals surface area contributed by atoms with E-state index < -0.39 is 0 Å². The Bertz CT molecular complexity index is 1210. The molecule has 0 spiro atoms. The normalized spacial score (nSPS) is 13.9. The molecule has 0 bridgehead atoms. The molecule has 2 aromatic carbocycles. The van der Waals surface area contributed by atoms with Crippen LogP contribution in [-0.2, 0) is 13.0 Å². The van der Waals surface area contributed by atoms with Gasteiger partial charge in [-0.1, -0.05) is 18.2 Å². The second-order valence-electron chi connectivity index (χ2n) is 7.08. The van der Waals surface area contributed by atoms with Crippen LogP contribution in [0.3, 0.4) is 0 Å². The van der Waals surface area contributed by atoms with Crippen molar-refractivity contribution in [2.75, 3.05) is 6.54 Å². The van der Waals surface area contributed by atoms with E-state index in [0.29, 0.717) is 35.2 Å². The zero-order chi connectivity index (χ0) is 18.5. The summed E-state index contributed by atoms with van der Waals surface area (Å²) < 4.78 is 13.6. The number of H-pyrrole nitrogens is 1. The van der Waals surface area contributed by atoms with E-state index in [1.807, 2.05) is 24.0 Å². The second kappa shape index (κ2) is 5.91. The average molecular weight is 359 g/mol. The van der Waals surface area contributed by atoms with Crippen LogP contribution in [0.5, 0.6) is 0 Å². The van der Waals surface area contributed by atoms with E-state index >= 15 is 0 Å². The number of aromatic nitrogens is 2. The molecule has 134 valence electrons. The summed E-state index contributed by atoms with van der Waals surface area (Å²) in [6.07, 6.45) is 0.821. The number of aromatic amines is 1. The molecule has 1 aliphatic heterocycles. The Hall–Kier alpha value is -3.21. The van der Waals surface area contributed by atoms with Crippen LogP contribution in [-0.4, -0.2) is 27.3 Å². The number of amides is 1. The van der Waals surface area contributed by atoms with E-state index in [0.717, 1.165) is 17.6 Å². The van der Waals surface area contributed by atoms with Crippen molar-refractivity contribution in [2.45, 2.75) is 19.9 Å². The number of pyridine rings is 1. The highest BCUT2D eigenvalue weighted by atomic mass is 19.1. The summed E-state index contributed by atoms with van der Waals surface area (Å²) in [6, 6.07) is 14.4. The Kier molecular flexibility index (Phi) is 3.50. The molecule has 0 aliphatic carbocycles. The van der Waals surface area contributed by atoms with E-state index in [1.54, 1.807) is 12.1 Å². The van der Waals surface area contributed by atoms with Gasteiger partial charge in [0.05, 0.1) is 17.6 Å². The first-order chi connectivity index (χ1) is 13.1. The van der Waals surface area contributed by atoms with Crippen molar-refractivity contribution in [3.63, 3.8) is 0 Å². The number of hydrogen-bond donors (Lipinski definition) is 1. The smallest absolute Gasteiger partial charge is 0.254 e. The molecule has 0 saturated heterocycles. The second-order valence-corrected chi connectivity index (χ2v) is 7.08. The summed E-state index contributed by atoms with van der Waals surface area (Å²) in [7, 11) is 0. The summed E-state index contributed by atoms with van der Waals surface area (Å²) in [4.78, 5) is 22.9. The zero-order valence-corrected chi connectivity index (χ0v) is 14.9. The molecule has 1 N–H and O–H groups in total. The van der Waals surface area contributed by atoms with Gasteiger partial charge in [0.1, 0.15) is 5.82 Å². The van der Waals surface area contributed by atoms with Gasteiger partial charge in [-0.3, -0.25) is 9.78 Å². The lowest BCUT2D eigenvalue weighted by molar-refractivity contribution is 0.0735. The first kappa shape index (κ1) is 16.0. The number of rotatable bonds is 1. The number of carbonyl (C=O) groups excluding carboxylic acids is 1. The van der Waals surface area contributed by atoms with Gasteiger partial charge in [-0.05, 0) is 43.2 Å². The van der Waals surface area contributed by atoms with Crippen LogP contribution in [0, 0.1) is 12.7 Å². The highest BCUT2D eigenvalue weighted by Crippen LogP contribution is 2.29. The van der Waals surface area contributed by atoms with Gasteiger partial charge in [0.25, 0.3) is 5.91 Å². The Morgan fingerprint density at radius 2 is 2.00 bits per heavy atom. The Balaban J connectivity index is 1.54. The van der Waals surface area contributed by atoms with E-state index in [-0.39, 0.29) is 11.7 Å². The minimum absolute atomic E-state index is 0.0404. The van der Waals surface area contributed by atoms with Gasteiger partial charge in [0, 0.05) is 40.3 Å². The molecule has 1 aliphatic rings. The minimum atomic E-state index is -0.348. The number of aryl methyl sites for hydroxylation is 1. The molecule has 27 heavy (non-hydrogen) atoms. The minimum Gasteiger partial charge on any atom is -0.357 e. The fourth-order valence-electron chi connectivity index (χ4n) is 4.05. The lowest BCUT2D eigenvalue weighted by atomic mass is 10.0. The number of nitrogens with zero attached hydrogens (tertiary/aromatic N) is 2. The van der Waals surface area contributed by atoms with Crippen molar-refractivity contribution in [3.8, 4) is 0 Å². The number of fused-ring (bicyclic) bond motifs is 4. The number of carbonyl (C=O) groups is 1. The molecule has 5 heteroatoms. The monoisotopic (exact) mass is 359 g/mol. The molecule has 4 nitrogen and oxygen atoms in total. The molecule has 5 rings (SSSR count). The Morgan fingerprint density at radius 1 is 1.15 bits per heavy atom. The third-order valence-corrected chi connectivity index (χ3v) is 5.30. The topological polar surface area (TPSA) is 49.0 Å². The molecule has 0 unspecified atom stereocenters. The van der Waals surface area contributed by atoms with Gasteiger partial charge in [0.2, 0.25) is 0 Å².